The molecule has 1 aromatic rings. The lowest BCUT2D eigenvalue weighted by Gasteiger charge is -2.18. The van der Waals surface area contributed by atoms with E-state index in [1.165, 1.54) is 6.92 Å². The Morgan fingerprint density at radius 2 is 1.81 bits per heavy atom. The van der Waals surface area contributed by atoms with Gasteiger partial charge in [0.05, 0.1) is 4.90 Å². The van der Waals surface area contributed by atoms with Crippen molar-refractivity contribution >= 4 is 16.0 Å². The van der Waals surface area contributed by atoms with E-state index in [4.69, 9.17) is 5.11 Å². The summed E-state index contributed by atoms with van der Waals surface area (Å²) in [5.74, 6) is -1.90. The molecule has 1 N–H and O–H groups in total. The van der Waals surface area contributed by atoms with Crippen molar-refractivity contribution in [1.29, 1.82) is 0 Å². The minimum atomic E-state index is -4.88. The highest BCUT2D eigenvalue weighted by Gasteiger charge is 2.31. The molecule has 0 aromatic heterocycles. The van der Waals surface area contributed by atoms with Crippen molar-refractivity contribution in [2.75, 3.05) is 13.1 Å². The third kappa shape index (κ3) is 4.90. The van der Waals surface area contributed by atoms with Gasteiger partial charge in [-0.15, -0.1) is 13.2 Å². The molecule has 118 valence electrons. The predicted octanol–water partition coefficient (Wildman–Crippen LogP) is 1.68. The fourth-order valence-corrected chi connectivity index (χ4v) is 2.88. The quantitative estimate of drug-likeness (QED) is 0.859. The lowest BCUT2D eigenvalue weighted by molar-refractivity contribution is -0.274. The van der Waals surface area contributed by atoms with E-state index in [0.717, 1.165) is 24.3 Å². The third-order valence-corrected chi connectivity index (χ3v) is 4.29. The zero-order valence-corrected chi connectivity index (χ0v) is 11.6. The van der Waals surface area contributed by atoms with Gasteiger partial charge in [0.2, 0.25) is 10.0 Å². The Morgan fingerprint density at radius 1 is 1.29 bits per heavy atom. The average molecular weight is 327 g/mol. The molecule has 0 amide bonds. The van der Waals surface area contributed by atoms with E-state index in [0.29, 0.717) is 4.31 Å². The van der Waals surface area contributed by atoms with Crippen LogP contribution in [0.5, 0.6) is 5.75 Å². The van der Waals surface area contributed by atoms with Gasteiger partial charge in [-0.3, -0.25) is 4.79 Å². The first kappa shape index (κ1) is 17.2. The van der Waals surface area contributed by atoms with E-state index < -0.39 is 34.6 Å². The standard InChI is InChI=1S/C11H12F3NO5S/c1-2-15(7-10(16)17)21(18,19)9-5-3-8(4-6-9)20-11(12,13)14/h3-6H,2,7H2,1H3,(H,16,17). The number of sulfonamides is 1. The number of aliphatic carboxylic acids is 1. The van der Waals surface area contributed by atoms with Crippen LogP contribution < -0.4 is 4.74 Å². The van der Waals surface area contributed by atoms with E-state index in [1.54, 1.807) is 0 Å². The first-order valence-electron chi connectivity index (χ1n) is 5.64. The van der Waals surface area contributed by atoms with Crippen molar-refractivity contribution in [2.24, 2.45) is 0 Å². The molecular weight excluding hydrogens is 315 g/mol. The van der Waals surface area contributed by atoms with Crippen molar-refractivity contribution in [2.45, 2.75) is 18.2 Å². The van der Waals surface area contributed by atoms with Crippen molar-refractivity contribution in [3.8, 4) is 5.75 Å². The summed E-state index contributed by atoms with van der Waals surface area (Å²) < 4.78 is 64.5. The van der Waals surface area contributed by atoms with Crippen LogP contribution in [0, 0.1) is 0 Å². The molecule has 1 rings (SSSR count). The first-order valence-corrected chi connectivity index (χ1v) is 7.08. The molecule has 0 bridgehead atoms. The summed E-state index contributed by atoms with van der Waals surface area (Å²) in [5, 5.41) is 8.65. The predicted molar refractivity (Wildman–Crippen MR) is 65.2 cm³/mol. The minimum Gasteiger partial charge on any atom is -0.480 e. The fourth-order valence-electron chi connectivity index (χ4n) is 1.48. The Bertz CT molecular complexity index is 597. The average Bonchev–Trinajstić information content (AvgIpc) is 2.34. The van der Waals surface area contributed by atoms with Gasteiger partial charge in [-0.05, 0) is 24.3 Å². The molecule has 0 saturated carbocycles. The summed E-state index contributed by atoms with van der Waals surface area (Å²) in [6.45, 7) is 0.622. The number of ether oxygens (including phenoxy) is 1. The number of rotatable bonds is 6. The maximum absolute atomic E-state index is 12.1. The molecule has 0 aliphatic heterocycles. The lowest BCUT2D eigenvalue weighted by atomic mass is 10.3. The molecule has 0 aliphatic rings. The Hall–Kier alpha value is -1.81. The molecule has 1 aromatic carbocycles. The Balaban J connectivity index is 3.01. The molecule has 6 nitrogen and oxygen atoms in total. The molecular formula is C11H12F3NO5S. The highest BCUT2D eigenvalue weighted by molar-refractivity contribution is 7.89. The zero-order valence-electron chi connectivity index (χ0n) is 10.8. The smallest absolute Gasteiger partial charge is 0.480 e. The molecule has 0 unspecified atom stereocenters. The van der Waals surface area contributed by atoms with Crippen molar-refractivity contribution in [3.05, 3.63) is 24.3 Å². The van der Waals surface area contributed by atoms with Crippen molar-refractivity contribution < 1.29 is 36.2 Å². The number of carboxylic acids is 1. The topological polar surface area (TPSA) is 83.9 Å². The van der Waals surface area contributed by atoms with E-state index in [-0.39, 0.29) is 11.4 Å². The van der Waals surface area contributed by atoms with Gasteiger partial charge in [0.1, 0.15) is 12.3 Å². The van der Waals surface area contributed by atoms with E-state index in [2.05, 4.69) is 4.74 Å². The largest absolute Gasteiger partial charge is 0.573 e. The molecule has 0 saturated heterocycles. The van der Waals surface area contributed by atoms with Gasteiger partial charge in [0, 0.05) is 6.54 Å². The normalized spacial score (nSPS) is 12.4. The highest BCUT2D eigenvalue weighted by atomic mass is 32.2. The Labute approximate surface area is 118 Å². The van der Waals surface area contributed by atoms with Crippen LogP contribution in [0.2, 0.25) is 0 Å². The van der Waals surface area contributed by atoms with Gasteiger partial charge in [0.15, 0.2) is 0 Å². The molecule has 21 heavy (non-hydrogen) atoms. The molecule has 0 heterocycles. The first-order chi connectivity index (χ1) is 9.56. The van der Waals surface area contributed by atoms with Crippen LogP contribution >= 0.6 is 0 Å². The zero-order chi connectivity index (χ0) is 16.3. The summed E-state index contributed by atoms with van der Waals surface area (Å²) in [7, 11) is -4.09. The number of carboxylic acid groups (broad SMARTS) is 1. The van der Waals surface area contributed by atoms with Gasteiger partial charge < -0.3 is 9.84 Å². The van der Waals surface area contributed by atoms with Gasteiger partial charge in [0.25, 0.3) is 0 Å². The lowest BCUT2D eigenvalue weighted by Crippen LogP contribution is -2.35. The van der Waals surface area contributed by atoms with Crippen LogP contribution in [0.4, 0.5) is 13.2 Å². The van der Waals surface area contributed by atoms with Crippen molar-refractivity contribution in [3.63, 3.8) is 0 Å². The van der Waals surface area contributed by atoms with Gasteiger partial charge in [-0.1, -0.05) is 6.92 Å². The fraction of sp³-hybridized carbons (Fsp3) is 0.364. The SMILES string of the molecule is CCN(CC(=O)O)S(=O)(=O)c1ccc(OC(F)(F)F)cc1. The molecule has 0 spiro atoms. The maximum atomic E-state index is 12.1. The maximum Gasteiger partial charge on any atom is 0.573 e. The number of alkyl halides is 3. The van der Waals surface area contributed by atoms with Gasteiger partial charge >= 0.3 is 12.3 Å². The second kappa shape index (κ2) is 6.31. The Morgan fingerprint density at radius 3 is 2.19 bits per heavy atom. The highest BCUT2D eigenvalue weighted by Crippen LogP contribution is 2.24. The van der Waals surface area contributed by atoms with Crippen LogP contribution in [0.25, 0.3) is 0 Å². The summed E-state index contributed by atoms with van der Waals surface area (Å²) in [4.78, 5) is 10.3. The number of hydrogen-bond acceptors (Lipinski definition) is 4. The van der Waals surface area contributed by atoms with E-state index >= 15 is 0 Å². The van der Waals surface area contributed by atoms with Gasteiger partial charge in [-0.2, -0.15) is 4.31 Å². The number of halogens is 3. The molecule has 0 radical (unpaired) electrons. The van der Waals surface area contributed by atoms with Crippen LogP contribution in [0.3, 0.4) is 0 Å². The van der Waals surface area contributed by atoms with Crippen LogP contribution in [-0.4, -0.2) is 43.3 Å². The molecule has 0 aliphatic carbocycles. The number of benzene rings is 1. The second-order valence-corrected chi connectivity index (χ2v) is 5.78. The van der Waals surface area contributed by atoms with Crippen LogP contribution in [0.15, 0.2) is 29.2 Å². The second-order valence-electron chi connectivity index (χ2n) is 3.84. The summed E-state index contributed by atoms with van der Waals surface area (Å²) in [6.07, 6.45) is -4.88. The summed E-state index contributed by atoms with van der Waals surface area (Å²) in [6, 6.07) is 3.52. The van der Waals surface area contributed by atoms with E-state index in [1.807, 2.05) is 0 Å². The van der Waals surface area contributed by atoms with Crippen molar-refractivity contribution in [1.82, 2.24) is 4.31 Å². The monoisotopic (exact) mass is 327 g/mol. The number of carbonyl (C=O) groups is 1. The van der Waals surface area contributed by atoms with Gasteiger partial charge in [-0.25, -0.2) is 8.42 Å². The molecule has 10 heteroatoms. The number of likely N-dealkylation sites (N-methyl/N-ethyl adjacent to an activating group) is 1. The molecule has 0 fully saturated rings. The van der Waals surface area contributed by atoms with E-state index in [9.17, 15) is 26.4 Å². The molecule has 0 atom stereocenters. The van der Waals surface area contributed by atoms with Crippen LogP contribution in [0.1, 0.15) is 6.92 Å². The minimum absolute atomic E-state index is 0.0879. The van der Waals surface area contributed by atoms with Crippen LogP contribution in [-0.2, 0) is 14.8 Å². The number of nitrogens with zero attached hydrogens (tertiary/aromatic N) is 1. The summed E-state index contributed by atoms with van der Waals surface area (Å²) >= 11 is 0. The summed E-state index contributed by atoms with van der Waals surface area (Å²) in [5.41, 5.74) is 0. The Kier molecular flexibility index (Phi) is 5.18. The number of hydrogen-bond donors (Lipinski definition) is 1. The third-order valence-electron chi connectivity index (χ3n) is 2.36.